The van der Waals surface area contributed by atoms with Crippen LogP contribution in [-0.4, -0.2) is 17.6 Å². The van der Waals surface area contributed by atoms with Gasteiger partial charge < -0.3 is 10.6 Å². The minimum Gasteiger partial charge on any atom is -0.395 e. The van der Waals surface area contributed by atoms with E-state index in [-0.39, 0.29) is 0 Å². The number of aromatic nitrogens is 1. The van der Waals surface area contributed by atoms with Crippen molar-refractivity contribution in [3.8, 4) is 6.07 Å². The third-order valence-corrected chi connectivity index (χ3v) is 3.72. The lowest BCUT2D eigenvalue weighted by Crippen LogP contribution is -2.37. The Labute approximate surface area is 108 Å². The van der Waals surface area contributed by atoms with Gasteiger partial charge in [-0.1, -0.05) is 19.3 Å². The van der Waals surface area contributed by atoms with Crippen LogP contribution in [0.25, 0.3) is 0 Å². The van der Waals surface area contributed by atoms with Gasteiger partial charge >= 0.3 is 0 Å². The van der Waals surface area contributed by atoms with E-state index in [0.29, 0.717) is 17.3 Å². The van der Waals surface area contributed by atoms with E-state index < -0.39 is 0 Å². The first-order valence-corrected chi connectivity index (χ1v) is 6.69. The minimum atomic E-state index is 0.521. The van der Waals surface area contributed by atoms with E-state index in [0.717, 1.165) is 12.4 Å². The van der Waals surface area contributed by atoms with E-state index in [1.165, 1.54) is 32.1 Å². The number of nitrogen functional groups attached to an aromatic ring is 1. The normalized spacial score (nSPS) is 16.2. The quantitative estimate of drug-likeness (QED) is 0.887. The molecule has 0 aliphatic heterocycles. The highest BCUT2D eigenvalue weighted by Crippen LogP contribution is 2.30. The molecule has 0 radical (unpaired) electrons. The summed E-state index contributed by atoms with van der Waals surface area (Å²) < 4.78 is 0. The lowest BCUT2D eigenvalue weighted by Gasteiger charge is -2.35. The van der Waals surface area contributed by atoms with Crippen molar-refractivity contribution in [1.29, 1.82) is 5.26 Å². The van der Waals surface area contributed by atoms with Crippen molar-refractivity contribution < 1.29 is 0 Å². The van der Waals surface area contributed by atoms with Gasteiger partial charge in [0.1, 0.15) is 6.07 Å². The van der Waals surface area contributed by atoms with Crippen LogP contribution < -0.4 is 10.6 Å². The molecule has 1 aliphatic carbocycles. The summed E-state index contributed by atoms with van der Waals surface area (Å²) in [7, 11) is 0. The highest BCUT2D eigenvalue weighted by atomic mass is 15.2. The molecule has 1 heterocycles. The SMILES string of the molecule is CCN(c1nccc(C#N)c1N)C1CCCCC1. The number of nitrogens with two attached hydrogens (primary N) is 1. The van der Waals surface area contributed by atoms with Crippen LogP contribution >= 0.6 is 0 Å². The van der Waals surface area contributed by atoms with Gasteiger partial charge in [0, 0.05) is 18.8 Å². The summed E-state index contributed by atoms with van der Waals surface area (Å²) in [6, 6.07) is 4.32. The average molecular weight is 244 g/mol. The number of pyridine rings is 1. The van der Waals surface area contributed by atoms with Crippen molar-refractivity contribution in [2.45, 2.75) is 45.1 Å². The molecule has 4 nitrogen and oxygen atoms in total. The largest absolute Gasteiger partial charge is 0.395 e. The van der Waals surface area contributed by atoms with Gasteiger partial charge in [0.15, 0.2) is 5.82 Å². The fourth-order valence-corrected chi connectivity index (χ4v) is 2.76. The van der Waals surface area contributed by atoms with E-state index in [1.54, 1.807) is 12.3 Å². The molecule has 0 aromatic carbocycles. The molecule has 1 aromatic rings. The van der Waals surface area contributed by atoms with E-state index in [4.69, 9.17) is 11.0 Å². The molecule has 0 saturated heterocycles. The maximum absolute atomic E-state index is 9.03. The Bertz CT molecular complexity index is 444. The van der Waals surface area contributed by atoms with E-state index >= 15 is 0 Å². The molecule has 2 N–H and O–H groups in total. The Hall–Kier alpha value is -1.76. The first-order valence-electron chi connectivity index (χ1n) is 6.69. The zero-order chi connectivity index (χ0) is 13.0. The molecule has 0 bridgehead atoms. The molecule has 1 fully saturated rings. The number of hydrogen-bond acceptors (Lipinski definition) is 4. The highest BCUT2D eigenvalue weighted by molar-refractivity contribution is 5.70. The Morgan fingerprint density at radius 1 is 1.44 bits per heavy atom. The van der Waals surface area contributed by atoms with Crippen molar-refractivity contribution in [2.24, 2.45) is 0 Å². The highest BCUT2D eigenvalue weighted by Gasteiger charge is 2.23. The van der Waals surface area contributed by atoms with Crippen LogP contribution in [0.5, 0.6) is 0 Å². The molecular weight excluding hydrogens is 224 g/mol. The number of rotatable bonds is 3. The third kappa shape index (κ3) is 2.40. The summed E-state index contributed by atoms with van der Waals surface area (Å²) in [5.41, 5.74) is 7.09. The number of hydrogen-bond donors (Lipinski definition) is 1. The zero-order valence-corrected chi connectivity index (χ0v) is 10.9. The van der Waals surface area contributed by atoms with Gasteiger partial charge in [-0.2, -0.15) is 5.26 Å². The topological polar surface area (TPSA) is 65.9 Å². The minimum absolute atomic E-state index is 0.521. The predicted molar refractivity (Wildman–Crippen MR) is 73.3 cm³/mol. The predicted octanol–water partition coefficient (Wildman–Crippen LogP) is 2.69. The summed E-state index contributed by atoms with van der Waals surface area (Å²) in [4.78, 5) is 6.64. The molecule has 0 amide bonds. The lowest BCUT2D eigenvalue weighted by molar-refractivity contribution is 0.416. The van der Waals surface area contributed by atoms with Gasteiger partial charge in [-0.05, 0) is 25.8 Å². The van der Waals surface area contributed by atoms with Crippen molar-refractivity contribution in [2.75, 3.05) is 17.2 Å². The van der Waals surface area contributed by atoms with E-state index in [2.05, 4.69) is 22.9 Å². The Morgan fingerprint density at radius 3 is 2.78 bits per heavy atom. The fraction of sp³-hybridized carbons (Fsp3) is 0.571. The lowest BCUT2D eigenvalue weighted by atomic mass is 9.94. The summed E-state index contributed by atoms with van der Waals surface area (Å²) >= 11 is 0. The van der Waals surface area contributed by atoms with Crippen LogP contribution in [0, 0.1) is 11.3 Å². The second-order valence-electron chi connectivity index (χ2n) is 4.79. The summed E-state index contributed by atoms with van der Waals surface area (Å²) in [6.45, 7) is 3.01. The van der Waals surface area contributed by atoms with Gasteiger partial charge in [0.2, 0.25) is 0 Å². The van der Waals surface area contributed by atoms with Crippen molar-refractivity contribution in [1.82, 2.24) is 4.98 Å². The zero-order valence-electron chi connectivity index (χ0n) is 10.9. The molecule has 1 aromatic heterocycles. The first-order chi connectivity index (χ1) is 8.77. The van der Waals surface area contributed by atoms with Crippen molar-refractivity contribution in [3.63, 3.8) is 0 Å². The molecule has 4 heteroatoms. The molecule has 0 spiro atoms. The van der Waals surface area contributed by atoms with Crippen LogP contribution in [0.15, 0.2) is 12.3 Å². The Balaban J connectivity index is 2.29. The third-order valence-electron chi connectivity index (χ3n) is 3.72. The molecule has 0 atom stereocenters. The van der Waals surface area contributed by atoms with E-state index in [1.807, 2.05) is 0 Å². The van der Waals surface area contributed by atoms with Gasteiger partial charge in [-0.15, -0.1) is 0 Å². The Kier molecular flexibility index (Phi) is 4.03. The number of nitriles is 1. The second kappa shape index (κ2) is 5.72. The van der Waals surface area contributed by atoms with Gasteiger partial charge in [-0.25, -0.2) is 4.98 Å². The van der Waals surface area contributed by atoms with Gasteiger partial charge in [-0.3, -0.25) is 0 Å². The first kappa shape index (κ1) is 12.7. The molecule has 18 heavy (non-hydrogen) atoms. The maximum atomic E-state index is 9.03. The van der Waals surface area contributed by atoms with Gasteiger partial charge in [0.25, 0.3) is 0 Å². The summed E-state index contributed by atoms with van der Waals surface area (Å²) in [5, 5.41) is 9.03. The van der Waals surface area contributed by atoms with Crippen LogP contribution in [-0.2, 0) is 0 Å². The van der Waals surface area contributed by atoms with Crippen molar-refractivity contribution >= 4 is 11.5 Å². The summed E-state index contributed by atoms with van der Waals surface area (Å²) in [5.74, 6) is 0.781. The fourth-order valence-electron chi connectivity index (χ4n) is 2.76. The molecule has 0 unspecified atom stereocenters. The molecular formula is C14H20N4. The smallest absolute Gasteiger partial charge is 0.153 e. The number of anilines is 2. The van der Waals surface area contributed by atoms with Crippen LogP contribution in [0.4, 0.5) is 11.5 Å². The van der Waals surface area contributed by atoms with Crippen LogP contribution in [0.1, 0.15) is 44.6 Å². The van der Waals surface area contributed by atoms with Gasteiger partial charge in [0.05, 0.1) is 11.3 Å². The number of nitrogens with zero attached hydrogens (tertiary/aromatic N) is 3. The molecule has 1 aliphatic rings. The average Bonchev–Trinajstić information content (AvgIpc) is 2.43. The second-order valence-corrected chi connectivity index (χ2v) is 4.79. The molecule has 2 rings (SSSR count). The molecule has 96 valence electrons. The summed E-state index contributed by atoms with van der Waals surface area (Å²) in [6.07, 6.45) is 7.96. The van der Waals surface area contributed by atoms with E-state index in [9.17, 15) is 0 Å². The van der Waals surface area contributed by atoms with Crippen molar-refractivity contribution in [3.05, 3.63) is 17.8 Å². The monoisotopic (exact) mass is 244 g/mol. The molecule has 1 saturated carbocycles. The maximum Gasteiger partial charge on any atom is 0.153 e. The standard InChI is InChI=1S/C14H20N4/c1-2-18(12-6-4-3-5-7-12)14-13(16)11(10-15)8-9-17-14/h8-9,12H,2-7,16H2,1H3. The Morgan fingerprint density at radius 2 is 2.17 bits per heavy atom. The van der Waals surface area contributed by atoms with Crippen LogP contribution in [0.3, 0.4) is 0 Å². The van der Waals surface area contributed by atoms with Crippen LogP contribution in [0.2, 0.25) is 0 Å².